The van der Waals surface area contributed by atoms with Crippen LogP contribution in [0, 0.1) is 5.92 Å². The van der Waals surface area contributed by atoms with Crippen molar-refractivity contribution in [3.05, 3.63) is 131 Å². The molecule has 3 aromatic carbocycles. The molecule has 1 N–H and O–H groups in total. The number of hydrogen-bond acceptors (Lipinski definition) is 3. The zero-order chi connectivity index (χ0) is 24.2. The largest absolute Gasteiger partial charge is 0.358 e. The normalized spacial score (nSPS) is 22.6. The summed E-state index contributed by atoms with van der Waals surface area (Å²) >= 11 is 3.52. The molecule has 0 saturated carbocycles. The molecule has 0 aliphatic carbocycles. The van der Waals surface area contributed by atoms with E-state index in [1.54, 1.807) is 0 Å². The number of allylic oxidation sites excluding steroid dienone is 2. The fourth-order valence-corrected chi connectivity index (χ4v) is 5.53. The second-order valence-electron chi connectivity index (χ2n) is 8.97. The van der Waals surface area contributed by atoms with Gasteiger partial charge >= 0.3 is 0 Å². The fraction of sp³-hybridized carbons (Fsp3) is 0.200. The Morgan fingerprint density at radius 1 is 0.857 bits per heavy atom. The lowest BCUT2D eigenvalue weighted by Gasteiger charge is -2.30. The van der Waals surface area contributed by atoms with Crippen LogP contribution in [0.15, 0.2) is 114 Å². The second-order valence-corrected chi connectivity index (χ2v) is 9.88. The molecule has 4 unspecified atom stereocenters. The van der Waals surface area contributed by atoms with Gasteiger partial charge in [0.25, 0.3) is 0 Å². The zero-order valence-electron chi connectivity index (χ0n) is 19.3. The van der Waals surface area contributed by atoms with Crippen molar-refractivity contribution in [3.63, 3.8) is 0 Å². The van der Waals surface area contributed by atoms with Crippen LogP contribution >= 0.6 is 15.9 Å². The molecule has 5 heteroatoms. The Kier molecular flexibility index (Phi) is 6.96. The zero-order valence-corrected chi connectivity index (χ0v) is 20.8. The van der Waals surface area contributed by atoms with E-state index in [2.05, 4.69) is 44.4 Å². The minimum Gasteiger partial charge on any atom is -0.358 e. The molecule has 0 bridgehead atoms. The van der Waals surface area contributed by atoms with Crippen LogP contribution in [-0.4, -0.2) is 35.2 Å². The number of fused-ring (bicyclic) bond motifs is 1. The van der Waals surface area contributed by atoms with Gasteiger partial charge in [-0.15, -0.1) is 0 Å². The van der Waals surface area contributed by atoms with Crippen molar-refractivity contribution in [2.24, 2.45) is 5.92 Å². The number of nitrogens with one attached hydrogen (secondary N) is 1. The number of ketones is 1. The first-order valence-electron chi connectivity index (χ1n) is 11.9. The summed E-state index contributed by atoms with van der Waals surface area (Å²) in [6.45, 7) is 0.543. The summed E-state index contributed by atoms with van der Waals surface area (Å²) in [5.74, 6) is -0.662. The molecule has 5 rings (SSSR count). The highest BCUT2D eigenvalue weighted by molar-refractivity contribution is 9.10. The third-order valence-electron chi connectivity index (χ3n) is 6.88. The summed E-state index contributed by atoms with van der Waals surface area (Å²) in [5.41, 5.74) is 2.84. The summed E-state index contributed by atoms with van der Waals surface area (Å²) < 4.78 is 0.964. The molecule has 176 valence electrons. The molecule has 0 aromatic heterocycles. The number of carbonyl (C=O) groups excluding carboxylic acids is 2. The van der Waals surface area contributed by atoms with Gasteiger partial charge in [-0.3, -0.25) is 9.59 Å². The number of nitrogens with zero attached hydrogens (tertiary/aromatic N) is 1. The van der Waals surface area contributed by atoms with E-state index < -0.39 is 6.04 Å². The number of hydrogen-bond donors (Lipinski definition) is 1. The quantitative estimate of drug-likeness (QED) is 0.412. The molecule has 1 saturated heterocycles. The van der Waals surface area contributed by atoms with Crippen molar-refractivity contribution < 1.29 is 9.59 Å². The van der Waals surface area contributed by atoms with Crippen molar-refractivity contribution >= 4 is 27.6 Å². The van der Waals surface area contributed by atoms with Gasteiger partial charge in [-0.1, -0.05) is 101 Å². The predicted molar refractivity (Wildman–Crippen MR) is 142 cm³/mol. The Morgan fingerprint density at radius 2 is 1.54 bits per heavy atom. The third kappa shape index (κ3) is 4.87. The van der Waals surface area contributed by atoms with Gasteiger partial charge in [0.2, 0.25) is 5.91 Å². The topological polar surface area (TPSA) is 49.4 Å². The molecular formula is C30H27BrN2O2. The molecule has 1 fully saturated rings. The van der Waals surface area contributed by atoms with Crippen LogP contribution in [0.25, 0.3) is 0 Å². The summed E-state index contributed by atoms with van der Waals surface area (Å²) in [6, 6.07) is 26.9. The van der Waals surface area contributed by atoms with Crippen molar-refractivity contribution in [2.75, 3.05) is 6.54 Å². The van der Waals surface area contributed by atoms with Crippen LogP contribution in [0.2, 0.25) is 0 Å². The number of carbonyl (C=O) groups is 2. The summed E-state index contributed by atoms with van der Waals surface area (Å²) in [6.07, 6.45) is 8.67. The highest BCUT2D eigenvalue weighted by atomic mass is 79.9. The van der Waals surface area contributed by atoms with Crippen molar-refractivity contribution in [2.45, 2.75) is 24.4 Å². The number of halogens is 1. The van der Waals surface area contributed by atoms with Crippen LogP contribution in [0.1, 0.15) is 27.4 Å². The van der Waals surface area contributed by atoms with Gasteiger partial charge in [0.05, 0.1) is 12.0 Å². The molecule has 0 radical (unpaired) electrons. The smallest absolute Gasteiger partial charge is 0.243 e. The van der Waals surface area contributed by atoms with E-state index in [0.29, 0.717) is 12.1 Å². The Bertz CT molecular complexity index is 1240. The second kappa shape index (κ2) is 10.4. The minimum absolute atomic E-state index is 0.0536. The van der Waals surface area contributed by atoms with E-state index in [0.717, 1.165) is 16.5 Å². The van der Waals surface area contributed by atoms with Gasteiger partial charge < -0.3 is 10.2 Å². The van der Waals surface area contributed by atoms with Gasteiger partial charge in [0.15, 0.2) is 5.78 Å². The van der Waals surface area contributed by atoms with E-state index in [-0.39, 0.29) is 29.6 Å². The monoisotopic (exact) mass is 526 g/mol. The number of amides is 1. The SMILES string of the molecule is O=C(c1ccccc1)C1C(c2ccc(Br)cc2)C(C(=O)NCCc2ccccc2)N2C=CC=CC12. The van der Waals surface area contributed by atoms with Gasteiger partial charge in [0, 0.05) is 28.7 Å². The van der Waals surface area contributed by atoms with Crippen molar-refractivity contribution in [3.8, 4) is 0 Å². The molecule has 0 spiro atoms. The lowest BCUT2D eigenvalue weighted by molar-refractivity contribution is -0.125. The first kappa shape index (κ1) is 23.3. The molecule has 2 heterocycles. The molecule has 2 aliphatic rings. The Hall–Kier alpha value is -3.44. The lowest BCUT2D eigenvalue weighted by atomic mass is 9.77. The number of Topliss-reactive ketones (excluding diaryl/α,β-unsaturated/α-hetero) is 1. The molecule has 35 heavy (non-hydrogen) atoms. The van der Waals surface area contributed by atoms with Crippen molar-refractivity contribution in [1.29, 1.82) is 0 Å². The van der Waals surface area contributed by atoms with Crippen LogP contribution in [-0.2, 0) is 11.2 Å². The van der Waals surface area contributed by atoms with Crippen molar-refractivity contribution in [1.82, 2.24) is 10.2 Å². The summed E-state index contributed by atoms with van der Waals surface area (Å²) in [7, 11) is 0. The van der Waals surface area contributed by atoms with E-state index in [1.807, 2.05) is 91.1 Å². The molecule has 1 amide bonds. The number of benzene rings is 3. The summed E-state index contributed by atoms with van der Waals surface area (Å²) in [5, 5.41) is 3.16. The van der Waals surface area contributed by atoms with Crippen LogP contribution in [0.3, 0.4) is 0 Å². The summed E-state index contributed by atoms with van der Waals surface area (Å²) in [4.78, 5) is 29.7. The van der Waals surface area contributed by atoms with Crippen LogP contribution in [0.5, 0.6) is 0 Å². The van der Waals surface area contributed by atoms with E-state index >= 15 is 0 Å². The van der Waals surface area contributed by atoms with E-state index in [1.165, 1.54) is 5.56 Å². The highest BCUT2D eigenvalue weighted by Crippen LogP contribution is 2.46. The fourth-order valence-electron chi connectivity index (χ4n) is 5.27. The average molecular weight is 527 g/mol. The highest BCUT2D eigenvalue weighted by Gasteiger charge is 2.53. The maximum atomic E-state index is 13.9. The average Bonchev–Trinajstić information content (AvgIpc) is 3.25. The van der Waals surface area contributed by atoms with E-state index in [4.69, 9.17) is 0 Å². The number of rotatable bonds is 7. The maximum Gasteiger partial charge on any atom is 0.243 e. The molecule has 4 atom stereocenters. The van der Waals surface area contributed by atoms with Gasteiger partial charge in [-0.25, -0.2) is 0 Å². The molecule has 2 aliphatic heterocycles. The Labute approximate surface area is 214 Å². The third-order valence-corrected chi connectivity index (χ3v) is 7.41. The van der Waals surface area contributed by atoms with Gasteiger partial charge in [-0.05, 0) is 35.8 Å². The van der Waals surface area contributed by atoms with Gasteiger partial charge in [-0.2, -0.15) is 0 Å². The maximum absolute atomic E-state index is 13.9. The first-order chi connectivity index (χ1) is 17.1. The van der Waals surface area contributed by atoms with Gasteiger partial charge in [0.1, 0.15) is 6.04 Å². The lowest BCUT2D eigenvalue weighted by Crippen LogP contribution is -2.46. The van der Waals surface area contributed by atoms with Crippen LogP contribution in [0.4, 0.5) is 0 Å². The molecule has 4 nitrogen and oxygen atoms in total. The minimum atomic E-state index is -0.490. The van der Waals surface area contributed by atoms with Crippen LogP contribution < -0.4 is 5.32 Å². The molecule has 3 aromatic rings. The Morgan fingerprint density at radius 3 is 2.26 bits per heavy atom. The first-order valence-corrected chi connectivity index (χ1v) is 12.7. The van der Waals surface area contributed by atoms with E-state index in [9.17, 15) is 9.59 Å². The standard InChI is InChI=1S/C30H27BrN2O2/c31-24-16-14-22(15-17-24)26-27(29(34)23-11-5-2-6-12-23)25-13-7-8-20-33(25)28(26)30(35)32-19-18-21-9-3-1-4-10-21/h1-17,20,25-28H,18-19H2,(H,32,35). The Balaban J connectivity index is 1.49. The molecular weight excluding hydrogens is 500 g/mol. The predicted octanol–water partition coefficient (Wildman–Crippen LogP) is 5.53.